The van der Waals surface area contributed by atoms with Crippen LogP contribution in [0.5, 0.6) is 11.5 Å². The number of rotatable bonds is 2. The molecule has 33 heavy (non-hydrogen) atoms. The van der Waals surface area contributed by atoms with Crippen molar-refractivity contribution in [2.45, 2.75) is 25.7 Å². The number of carbonyl (C=O) groups excluding carboxylic acids is 4. The number of ketones is 2. The van der Waals surface area contributed by atoms with Crippen LogP contribution in [0.1, 0.15) is 31.2 Å². The van der Waals surface area contributed by atoms with Gasteiger partial charge in [0.05, 0.1) is 23.4 Å². The predicted octanol–water partition coefficient (Wildman–Crippen LogP) is 3.64. The van der Waals surface area contributed by atoms with Gasteiger partial charge >= 0.3 is 0 Å². The minimum absolute atomic E-state index is 0.102. The van der Waals surface area contributed by atoms with Gasteiger partial charge < -0.3 is 9.84 Å². The lowest BCUT2D eigenvalue weighted by Gasteiger charge is -2.42. The molecule has 4 unspecified atom stereocenters. The van der Waals surface area contributed by atoms with Crippen LogP contribution in [-0.2, 0) is 19.2 Å². The van der Waals surface area contributed by atoms with Crippen molar-refractivity contribution in [1.29, 1.82) is 0 Å². The molecule has 170 valence electrons. The number of hydrogen-bond donors (Lipinski definition) is 2. The Morgan fingerprint density at radius 2 is 1.82 bits per heavy atom. The predicted molar refractivity (Wildman–Crippen MR) is 125 cm³/mol. The first-order valence-corrected chi connectivity index (χ1v) is 12.0. The maximum absolute atomic E-state index is 13.2. The van der Waals surface area contributed by atoms with Crippen molar-refractivity contribution in [3.8, 4) is 11.5 Å². The summed E-state index contributed by atoms with van der Waals surface area (Å²) < 4.78 is 6.21. The average Bonchev–Trinajstić information content (AvgIpc) is 3.08. The number of fused-ring (bicyclic) bond motifs is 3. The summed E-state index contributed by atoms with van der Waals surface area (Å²) in [5, 5.41) is 12.9. The Morgan fingerprint density at radius 1 is 1.09 bits per heavy atom. The third-order valence-electron chi connectivity index (χ3n) is 7.11. The first kappa shape index (κ1) is 22.3. The molecule has 3 aliphatic carbocycles. The van der Waals surface area contributed by atoms with E-state index in [0.717, 1.165) is 5.57 Å². The molecular weight excluding hydrogens is 558 g/mol. The zero-order valence-electron chi connectivity index (χ0n) is 17.7. The summed E-state index contributed by atoms with van der Waals surface area (Å²) in [6.45, 7) is 1.61. The van der Waals surface area contributed by atoms with E-state index in [1.807, 2.05) is 6.08 Å². The van der Waals surface area contributed by atoms with Crippen molar-refractivity contribution in [3.05, 3.63) is 55.0 Å². The molecule has 0 bridgehead atoms. The number of carbonyl (C=O) groups is 4. The summed E-state index contributed by atoms with van der Waals surface area (Å²) in [4.78, 5) is 51.5. The van der Waals surface area contributed by atoms with Gasteiger partial charge in [-0.05, 0) is 75.2 Å². The second kappa shape index (κ2) is 7.77. The fraction of sp³-hybridized carbons (Fsp3) is 0.333. The molecule has 1 heterocycles. The molecule has 0 saturated carbocycles. The van der Waals surface area contributed by atoms with E-state index in [4.69, 9.17) is 4.74 Å². The zero-order chi connectivity index (χ0) is 23.8. The SMILES string of the molecule is COc1cc(C2C3=CCC4C(=O)NC(=O)C4C3CC3=C2C(=O)C=C(C)C3=O)c(Br)c(Br)c1O. The summed E-state index contributed by atoms with van der Waals surface area (Å²) in [6.07, 6.45) is 3.88. The normalized spacial score (nSPS) is 28.6. The quantitative estimate of drug-likeness (QED) is 0.316. The van der Waals surface area contributed by atoms with Crippen LogP contribution in [0.15, 0.2) is 49.5 Å². The van der Waals surface area contributed by atoms with Crippen molar-refractivity contribution < 1.29 is 29.0 Å². The van der Waals surface area contributed by atoms with E-state index in [2.05, 4.69) is 37.2 Å². The van der Waals surface area contributed by atoms with Crippen molar-refractivity contribution in [2.24, 2.45) is 17.8 Å². The Bertz CT molecular complexity index is 1270. The van der Waals surface area contributed by atoms with Gasteiger partial charge in [-0.1, -0.05) is 11.6 Å². The molecule has 2 amide bonds. The molecule has 1 saturated heterocycles. The van der Waals surface area contributed by atoms with Crippen LogP contribution in [0.3, 0.4) is 0 Å². The minimum Gasteiger partial charge on any atom is -0.503 e. The van der Waals surface area contributed by atoms with Crippen LogP contribution < -0.4 is 10.1 Å². The Morgan fingerprint density at radius 3 is 2.52 bits per heavy atom. The third-order valence-corrected chi connectivity index (χ3v) is 9.27. The van der Waals surface area contributed by atoms with Gasteiger partial charge in [0.2, 0.25) is 11.8 Å². The van der Waals surface area contributed by atoms with Crippen LogP contribution in [0.2, 0.25) is 0 Å². The number of phenolic OH excluding ortho intramolecular Hbond substituents is 1. The van der Waals surface area contributed by atoms with E-state index in [0.29, 0.717) is 37.6 Å². The summed E-state index contributed by atoms with van der Waals surface area (Å²) in [7, 11) is 1.42. The number of phenols is 1. The van der Waals surface area contributed by atoms with Crippen molar-refractivity contribution in [1.82, 2.24) is 5.32 Å². The molecule has 9 heteroatoms. The number of amides is 2. The molecular formula is C24H19Br2NO6. The summed E-state index contributed by atoms with van der Waals surface area (Å²) in [5.41, 5.74) is 2.56. The number of aromatic hydroxyl groups is 1. The molecule has 0 radical (unpaired) electrons. The monoisotopic (exact) mass is 575 g/mol. The van der Waals surface area contributed by atoms with E-state index in [9.17, 15) is 24.3 Å². The third kappa shape index (κ3) is 3.12. The molecule has 1 aliphatic heterocycles. The molecule has 1 aromatic rings. The number of allylic oxidation sites excluding steroid dienone is 6. The number of halogens is 2. The average molecular weight is 577 g/mol. The van der Waals surface area contributed by atoms with Gasteiger partial charge in [-0.15, -0.1) is 0 Å². The zero-order valence-corrected chi connectivity index (χ0v) is 20.9. The van der Waals surface area contributed by atoms with Gasteiger partial charge in [0, 0.05) is 27.1 Å². The first-order valence-electron chi connectivity index (χ1n) is 10.5. The highest BCUT2D eigenvalue weighted by Gasteiger charge is 2.53. The van der Waals surface area contributed by atoms with Crippen LogP contribution in [0, 0.1) is 17.8 Å². The van der Waals surface area contributed by atoms with E-state index in [1.165, 1.54) is 13.2 Å². The number of methoxy groups -OCH3 is 1. The molecule has 4 aliphatic rings. The van der Waals surface area contributed by atoms with E-state index < -0.39 is 23.7 Å². The molecule has 0 spiro atoms. The van der Waals surface area contributed by atoms with Gasteiger partial charge in [0.25, 0.3) is 0 Å². The number of benzene rings is 1. The van der Waals surface area contributed by atoms with Gasteiger partial charge in [-0.3, -0.25) is 24.5 Å². The van der Waals surface area contributed by atoms with Crippen molar-refractivity contribution >= 4 is 55.2 Å². The Labute approximate surface area is 206 Å². The van der Waals surface area contributed by atoms with E-state index in [1.54, 1.807) is 13.0 Å². The molecule has 1 fully saturated rings. The fourth-order valence-corrected chi connectivity index (χ4v) is 6.58. The Kier molecular flexibility index (Phi) is 5.25. The minimum atomic E-state index is -0.635. The highest BCUT2D eigenvalue weighted by atomic mass is 79.9. The molecule has 5 rings (SSSR count). The Balaban J connectivity index is 1.78. The lowest BCUT2D eigenvalue weighted by atomic mass is 9.59. The largest absolute Gasteiger partial charge is 0.503 e. The van der Waals surface area contributed by atoms with Crippen molar-refractivity contribution in [3.63, 3.8) is 0 Å². The molecule has 0 aromatic heterocycles. The smallest absolute Gasteiger partial charge is 0.231 e. The number of hydrogen-bond acceptors (Lipinski definition) is 6. The summed E-state index contributed by atoms with van der Waals surface area (Å²) >= 11 is 6.91. The number of imide groups is 1. The second-order valence-corrected chi connectivity index (χ2v) is 10.3. The maximum Gasteiger partial charge on any atom is 0.231 e. The lowest BCUT2D eigenvalue weighted by Crippen LogP contribution is -2.39. The van der Waals surface area contributed by atoms with Crippen LogP contribution in [-0.4, -0.2) is 35.6 Å². The van der Waals surface area contributed by atoms with Gasteiger partial charge in [0.15, 0.2) is 23.1 Å². The summed E-state index contributed by atoms with van der Waals surface area (Å²) in [5.74, 6) is -3.12. The molecule has 7 nitrogen and oxygen atoms in total. The fourth-order valence-electron chi connectivity index (χ4n) is 5.63. The van der Waals surface area contributed by atoms with Crippen LogP contribution >= 0.6 is 31.9 Å². The Hall–Kier alpha value is -2.52. The number of Topliss-reactive ketones (excluding diaryl/α,β-unsaturated/α-hetero) is 1. The second-order valence-electron chi connectivity index (χ2n) is 8.73. The van der Waals surface area contributed by atoms with Crippen molar-refractivity contribution in [2.75, 3.05) is 7.11 Å². The lowest BCUT2D eigenvalue weighted by molar-refractivity contribution is -0.126. The highest BCUT2D eigenvalue weighted by Crippen LogP contribution is 2.56. The van der Waals surface area contributed by atoms with Gasteiger partial charge in [-0.25, -0.2) is 0 Å². The molecule has 1 aromatic carbocycles. The first-order chi connectivity index (χ1) is 15.6. The molecule has 4 atom stereocenters. The van der Waals surface area contributed by atoms with Gasteiger partial charge in [0.1, 0.15) is 0 Å². The highest BCUT2D eigenvalue weighted by molar-refractivity contribution is 9.13. The number of nitrogens with one attached hydrogen (secondary N) is 1. The molecule has 2 N–H and O–H groups in total. The van der Waals surface area contributed by atoms with Crippen LogP contribution in [0.4, 0.5) is 0 Å². The number of ether oxygens (including phenoxy) is 1. The van der Waals surface area contributed by atoms with E-state index in [-0.39, 0.29) is 41.3 Å². The topological polar surface area (TPSA) is 110 Å². The maximum atomic E-state index is 13.2. The standard InChI is InChI=1S/C24H19Br2NO6/c1-8-5-14(28)18-13(21(8)29)6-11-9(3-4-10-17(11)24(32)27-23(10)31)16(18)12-7-15(33-2)22(30)20(26)19(12)25/h3,5,7,10-11,16-17,30H,4,6H2,1-2H3,(H,27,31,32). The van der Waals surface area contributed by atoms with E-state index >= 15 is 0 Å². The van der Waals surface area contributed by atoms with Gasteiger partial charge in [-0.2, -0.15) is 0 Å². The summed E-state index contributed by atoms with van der Waals surface area (Å²) in [6, 6.07) is 1.64. The van der Waals surface area contributed by atoms with Crippen LogP contribution in [0.25, 0.3) is 0 Å².